The molecule has 0 bridgehead atoms. The van der Waals surface area contributed by atoms with Crippen LogP contribution in [0.3, 0.4) is 0 Å². The SMILES string of the molecule is OC1OCCCC12CCCCC2. The molecular formula is C10H18O2. The van der Waals surface area contributed by atoms with Crippen LogP contribution in [0.1, 0.15) is 44.9 Å². The monoisotopic (exact) mass is 170 g/mol. The minimum Gasteiger partial charge on any atom is -0.367 e. The third kappa shape index (κ3) is 1.38. The van der Waals surface area contributed by atoms with Crippen LogP contribution in [-0.2, 0) is 4.74 Å². The summed E-state index contributed by atoms with van der Waals surface area (Å²) in [4.78, 5) is 0. The molecule has 1 saturated heterocycles. The van der Waals surface area contributed by atoms with Crippen molar-refractivity contribution in [3.8, 4) is 0 Å². The van der Waals surface area contributed by atoms with E-state index in [-0.39, 0.29) is 5.41 Å². The molecule has 1 aliphatic heterocycles. The summed E-state index contributed by atoms with van der Waals surface area (Å²) in [6.07, 6.45) is 8.09. The number of hydrogen-bond donors (Lipinski definition) is 1. The van der Waals surface area contributed by atoms with Gasteiger partial charge in [0.1, 0.15) is 0 Å². The molecule has 0 aromatic rings. The van der Waals surface area contributed by atoms with Crippen LogP contribution in [0.15, 0.2) is 0 Å². The van der Waals surface area contributed by atoms with Gasteiger partial charge in [-0.1, -0.05) is 19.3 Å². The molecule has 1 saturated carbocycles. The molecule has 2 aliphatic rings. The van der Waals surface area contributed by atoms with Crippen molar-refractivity contribution < 1.29 is 9.84 Å². The Bertz CT molecular complexity index is 142. The van der Waals surface area contributed by atoms with Gasteiger partial charge in [0.15, 0.2) is 6.29 Å². The van der Waals surface area contributed by atoms with E-state index in [4.69, 9.17) is 4.74 Å². The normalized spacial score (nSPS) is 35.2. The Morgan fingerprint density at radius 3 is 2.33 bits per heavy atom. The maximum atomic E-state index is 9.76. The molecule has 2 fully saturated rings. The smallest absolute Gasteiger partial charge is 0.160 e. The topological polar surface area (TPSA) is 29.5 Å². The summed E-state index contributed by atoms with van der Waals surface area (Å²) in [7, 11) is 0. The van der Waals surface area contributed by atoms with E-state index in [1.807, 2.05) is 0 Å². The van der Waals surface area contributed by atoms with Crippen LogP contribution in [0.5, 0.6) is 0 Å². The average Bonchev–Trinajstić information content (AvgIpc) is 2.12. The maximum absolute atomic E-state index is 9.76. The lowest BCUT2D eigenvalue weighted by atomic mass is 9.70. The van der Waals surface area contributed by atoms with Gasteiger partial charge in [0, 0.05) is 12.0 Å². The van der Waals surface area contributed by atoms with E-state index >= 15 is 0 Å². The predicted molar refractivity (Wildman–Crippen MR) is 46.7 cm³/mol. The van der Waals surface area contributed by atoms with Crippen LogP contribution in [0, 0.1) is 5.41 Å². The molecule has 1 heterocycles. The van der Waals surface area contributed by atoms with Crippen LogP contribution < -0.4 is 0 Å². The van der Waals surface area contributed by atoms with Gasteiger partial charge in [-0.25, -0.2) is 0 Å². The van der Waals surface area contributed by atoms with Crippen LogP contribution >= 0.6 is 0 Å². The first-order chi connectivity index (χ1) is 5.83. The highest BCUT2D eigenvalue weighted by atomic mass is 16.6. The van der Waals surface area contributed by atoms with Gasteiger partial charge >= 0.3 is 0 Å². The molecule has 1 aliphatic carbocycles. The number of rotatable bonds is 0. The summed E-state index contributed by atoms with van der Waals surface area (Å²) in [5.41, 5.74) is 0.149. The zero-order valence-electron chi connectivity index (χ0n) is 7.59. The highest BCUT2D eigenvalue weighted by Gasteiger charge is 2.41. The third-order valence-electron chi connectivity index (χ3n) is 3.47. The fraction of sp³-hybridized carbons (Fsp3) is 1.00. The minimum atomic E-state index is -0.466. The lowest BCUT2D eigenvalue weighted by Gasteiger charge is -2.43. The quantitative estimate of drug-likeness (QED) is 0.603. The highest BCUT2D eigenvalue weighted by Crippen LogP contribution is 2.45. The van der Waals surface area contributed by atoms with Crippen LogP contribution in [0.25, 0.3) is 0 Å². The summed E-state index contributed by atoms with van der Waals surface area (Å²) in [5, 5.41) is 9.76. The summed E-state index contributed by atoms with van der Waals surface area (Å²) in [5.74, 6) is 0. The van der Waals surface area contributed by atoms with Crippen molar-refractivity contribution in [2.45, 2.75) is 51.2 Å². The van der Waals surface area contributed by atoms with E-state index in [9.17, 15) is 5.11 Å². The van der Waals surface area contributed by atoms with Gasteiger partial charge in [-0.05, 0) is 25.7 Å². The Morgan fingerprint density at radius 2 is 1.67 bits per heavy atom. The first-order valence-corrected chi connectivity index (χ1v) is 5.13. The molecule has 0 aromatic carbocycles. The van der Waals surface area contributed by atoms with Gasteiger partial charge in [0.2, 0.25) is 0 Å². The second kappa shape index (κ2) is 3.35. The van der Waals surface area contributed by atoms with E-state index in [1.165, 1.54) is 38.5 Å². The van der Waals surface area contributed by atoms with Crippen molar-refractivity contribution in [3.05, 3.63) is 0 Å². The van der Waals surface area contributed by atoms with E-state index in [0.717, 1.165) is 13.0 Å². The first kappa shape index (κ1) is 8.52. The Morgan fingerprint density at radius 1 is 1.00 bits per heavy atom. The number of hydrogen-bond acceptors (Lipinski definition) is 2. The van der Waals surface area contributed by atoms with Crippen molar-refractivity contribution in [1.82, 2.24) is 0 Å². The molecule has 2 rings (SSSR count). The van der Waals surface area contributed by atoms with Gasteiger partial charge in [-0.15, -0.1) is 0 Å². The van der Waals surface area contributed by atoms with Crippen LogP contribution in [0.2, 0.25) is 0 Å². The van der Waals surface area contributed by atoms with E-state index in [0.29, 0.717) is 0 Å². The van der Waals surface area contributed by atoms with Gasteiger partial charge in [0.25, 0.3) is 0 Å². The molecule has 2 nitrogen and oxygen atoms in total. The number of aliphatic hydroxyl groups excluding tert-OH is 1. The van der Waals surface area contributed by atoms with E-state index in [2.05, 4.69) is 0 Å². The van der Waals surface area contributed by atoms with Crippen molar-refractivity contribution >= 4 is 0 Å². The average molecular weight is 170 g/mol. The predicted octanol–water partition coefficient (Wildman–Crippen LogP) is 2.07. The zero-order chi connectivity index (χ0) is 8.44. The zero-order valence-corrected chi connectivity index (χ0v) is 7.59. The molecule has 1 N–H and O–H groups in total. The van der Waals surface area contributed by atoms with Crippen LogP contribution in [-0.4, -0.2) is 18.0 Å². The summed E-state index contributed by atoms with van der Waals surface area (Å²) in [6.45, 7) is 0.753. The van der Waals surface area contributed by atoms with E-state index < -0.39 is 6.29 Å². The summed E-state index contributed by atoms with van der Waals surface area (Å²) in [6, 6.07) is 0. The second-order valence-corrected chi connectivity index (χ2v) is 4.25. The molecule has 1 spiro atoms. The maximum Gasteiger partial charge on any atom is 0.160 e. The molecule has 1 atom stereocenters. The summed E-state index contributed by atoms with van der Waals surface area (Å²) < 4.78 is 5.33. The van der Waals surface area contributed by atoms with Crippen LogP contribution in [0.4, 0.5) is 0 Å². The second-order valence-electron chi connectivity index (χ2n) is 4.25. The van der Waals surface area contributed by atoms with Gasteiger partial charge in [0.05, 0.1) is 0 Å². The molecular weight excluding hydrogens is 152 g/mol. The number of aliphatic hydroxyl groups is 1. The lowest BCUT2D eigenvalue weighted by Crippen LogP contribution is -2.42. The molecule has 1 unspecified atom stereocenters. The van der Waals surface area contributed by atoms with Gasteiger partial charge < -0.3 is 9.84 Å². The Labute approximate surface area is 73.9 Å². The molecule has 0 aromatic heterocycles. The highest BCUT2D eigenvalue weighted by molar-refractivity contribution is 4.87. The fourth-order valence-corrected chi connectivity index (χ4v) is 2.67. The van der Waals surface area contributed by atoms with Crippen molar-refractivity contribution in [3.63, 3.8) is 0 Å². The Kier molecular flexibility index (Phi) is 2.37. The molecule has 12 heavy (non-hydrogen) atoms. The Hall–Kier alpha value is -0.0800. The third-order valence-corrected chi connectivity index (χ3v) is 3.47. The molecule has 2 heteroatoms. The fourth-order valence-electron chi connectivity index (χ4n) is 2.67. The first-order valence-electron chi connectivity index (χ1n) is 5.13. The Balaban J connectivity index is 2.04. The van der Waals surface area contributed by atoms with Gasteiger partial charge in [-0.3, -0.25) is 0 Å². The number of ether oxygens (including phenoxy) is 1. The molecule has 0 radical (unpaired) electrons. The van der Waals surface area contributed by atoms with E-state index in [1.54, 1.807) is 0 Å². The summed E-state index contributed by atoms with van der Waals surface area (Å²) >= 11 is 0. The largest absolute Gasteiger partial charge is 0.367 e. The van der Waals surface area contributed by atoms with Crippen molar-refractivity contribution in [2.75, 3.05) is 6.61 Å². The minimum absolute atomic E-state index is 0.149. The molecule has 0 amide bonds. The van der Waals surface area contributed by atoms with Crippen molar-refractivity contribution in [2.24, 2.45) is 5.41 Å². The van der Waals surface area contributed by atoms with Crippen molar-refractivity contribution in [1.29, 1.82) is 0 Å². The lowest BCUT2D eigenvalue weighted by molar-refractivity contribution is -0.212. The standard InChI is InChI=1S/C10H18O2/c11-9-10(7-4-8-12-9)5-2-1-3-6-10/h9,11H,1-8H2. The van der Waals surface area contributed by atoms with Gasteiger partial charge in [-0.2, -0.15) is 0 Å². The molecule has 70 valence electrons.